The highest BCUT2D eigenvalue weighted by molar-refractivity contribution is 7.74. The van der Waals surface area contributed by atoms with Crippen molar-refractivity contribution in [2.75, 3.05) is 14.1 Å². The fourth-order valence-electron chi connectivity index (χ4n) is 0. The Morgan fingerprint density at radius 1 is 1.29 bits per heavy atom. The van der Waals surface area contributed by atoms with Gasteiger partial charge in [-0.2, -0.15) is 0 Å². The van der Waals surface area contributed by atoms with E-state index in [9.17, 15) is 0 Å². The second kappa shape index (κ2) is 2.05. The quantitative estimate of drug-likeness (QED) is 0.391. The molecule has 0 aromatic carbocycles. The Kier molecular flexibility index (Phi) is 2.14. The van der Waals surface area contributed by atoms with Crippen molar-refractivity contribution in [1.82, 2.24) is 0 Å². The van der Waals surface area contributed by atoms with Crippen LogP contribution in [0.15, 0.2) is 0 Å². The van der Waals surface area contributed by atoms with Crippen LogP contribution in [0.5, 0.6) is 0 Å². The van der Waals surface area contributed by atoms with Gasteiger partial charge in [-0.15, -0.1) is 0 Å². The van der Waals surface area contributed by atoms with Crippen molar-refractivity contribution in [1.29, 1.82) is 0 Å². The Morgan fingerprint density at radius 3 is 1.43 bits per heavy atom. The van der Waals surface area contributed by atoms with Crippen LogP contribution in [-0.4, -0.2) is 24.0 Å². The van der Waals surface area contributed by atoms with Crippen LogP contribution in [0.2, 0.25) is 0 Å². The zero-order chi connectivity index (χ0) is 6.08. The van der Waals surface area contributed by atoms with Crippen LogP contribution in [-0.2, 0) is 0 Å². The molecule has 0 fully saturated rings. The molecular weight excluding hydrogens is 106 g/mol. The van der Waals surface area contributed by atoms with E-state index in [4.69, 9.17) is 0 Å². The van der Waals surface area contributed by atoms with E-state index in [-0.39, 0.29) is 0 Å². The maximum absolute atomic E-state index is 4.29. The number of hydrogen-bond acceptors (Lipinski definition) is 1. The highest BCUT2D eigenvalue weighted by Gasteiger charge is 2.12. The first-order valence-electron chi connectivity index (χ1n) is 2.51. The summed E-state index contributed by atoms with van der Waals surface area (Å²) in [5.74, 6) is 0. The molecule has 44 valence electrons. The van der Waals surface area contributed by atoms with Gasteiger partial charge in [-0.25, -0.2) is 0 Å². The lowest BCUT2D eigenvalue weighted by molar-refractivity contribution is -0.772. The van der Waals surface area contributed by atoms with Crippen LogP contribution in [0.1, 0.15) is 13.8 Å². The van der Waals surface area contributed by atoms with Gasteiger partial charge in [0.25, 0.3) is 0 Å². The summed E-state index contributed by atoms with van der Waals surface area (Å²) in [5.41, 5.74) is 0. The van der Waals surface area contributed by atoms with E-state index >= 15 is 0 Å². The molecule has 0 atom stereocenters. The standard InChI is InChI=1S/C5H14NS/c1-5(2)6(3,4)7/h5,7H,1-4H3/q+1. The van der Waals surface area contributed by atoms with Crippen molar-refractivity contribution in [2.45, 2.75) is 19.9 Å². The van der Waals surface area contributed by atoms with Crippen molar-refractivity contribution >= 4 is 12.8 Å². The second-order valence-corrected chi connectivity index (χ2v) is 3.60. The number of nitrogens with zero attached hydrogens (tertiary/aromatic N) is 1. The van der Waals surface area contributed by atoms with Crippen LogP contribution in [0.3, 0.4) is 0 Å². The Labute approximate surface area is 51.5 Å². The van der Waals surface area contributed by atoms with Gasteiger partial charge >= 0.3 is 0 Å². The van der Waals surface area contributed by atoms with Gasteiger partial charge in [-0.05, 0) is 13.8 Å². The predicted octanol–water partition coefficient (Wildman–Crippen LogP) is 1.32. The van der Waals surface area contributed by atoms with Gasteiger partial charge < -0.3 is 0 Å². The molecule has 0 saturated heterocycles. The summed E-state index contributed by atoms with van der Waals surface area (Å²) in [4.78, 5) is 0. The first-order chi connectivity index (χ1) is 2.94. The average molecular weight is 120 g/mol. The molecule has 0 aliphatic carbocycles. The SMILES string of the molecule is CC(C)[N+](C)(C)S. The monoisotopic (exact) mass is 120 g/mol. The lowest BCUT2D eigenvalue weighted by atomic mass is 10.4. The van der Waals surface area contributed by atoms with E-state index in [0.717, 1.165) is 3.89 Å². The van der Waals surface area contributed by atoms with E-state index in [1.165, 1.54) is 0 Å². The van der Waals surface area contributed by atoms with Gasteiger partial charge in [0.2, 0.25) is 0 Å². The second-order valence-electron chi connectivity index (χ2n) is 2.57. The summed E-state index contributed by atoms with van der Waals surface area (Å²) in [6.07, 6.45) is 0. The molecule has 0 rings (SSSR count). The Bertz CT molecular complexity index is 53.6. The molecule has 0 saturated carbocycles. The third kappa shape index (κ3) is 2.94. The van der Waals surface area contributed by atoms with Gasteiger partial charge in [0.15, 0.2) is 0 Å². The third-order valence-corrected chi connectivity index (χ3v) is 1.73. The molecule has 0 N–H and O–H groups in total. The summed E-state index contributed by atoms with van der Waals surface area (Å²) in [6, 6.07) is 0.600. The van der Waals surface area contributed by atoms with Crippen LogP contribution < -0.4 is 0 Å². The first-order valence-corrected chi connectivity index (χ1v) is 2.91. The lowest BCUT2D eigenvalue weighted by Gasteiger charge is -2.25. The zero-order valence-corrected chi connectivity index (χ0v) is 6.37. The Morgan fingerprint density at radius 2 is 1.43 bits per heavy atom. The molecule has 0 aromatic heterocycles. The average Bonchev–Trinajstić information content (AvgIpc) is 1.31. The molecule has 7 heavy (non-hydrogen) atoms. The van der Waals surface area contributed by atoms with Crippen LogP contribution in [0, 0.1) is 0 Å². The molecule has 0 bridgehead atoms. The molecule has 0 unspecified atom stereocenters. The summed E-state index contributed by atoms with van der Waals surface area (Å²) < 4.78 is 0.750. The number of thiol groups is 1. The van der Waals surface area contributed by atoms with Crippen molar-refractivity contribution < 1.29 is 3.89 Å². The van der Waals surface area contributed by atoms with Gasteiger partial charge in [0, 0.05) is 0 Å². The molecule has 0 radical (unpaired) electrons. The van der Waals surface area contributed by atoms with Gasteiger partial charge in [0.05, 0.1) is 33.0 Å². The number of rotatable bonds is 1. The first kappa shape index (κ1) is 7.31. The Balaban J connectivity index is 3.54. The molecule has 0 aromatic rings. The van der Waals surface area contributed by atoms with Crippen LogP contribution in [0.25, 0.3) is 0 Å². The van der Waals surface area contributed by atoms with Gasteiger partial charge in [0.1, 0.15) is 0 Å². The molecule has 0 aliphatic rings. The van der Waals surface area contributed by atoms with E-state index in [1.807, 2.05) is 0 Å². The molecule has 0 amide bonds. The smallest absolute Gasteiger partial charge is 0.0932 e. The minimum Gasteiger partial charge on any atom is -0.267 e. The lowest BCUT2D eigenvalue weighted by Crippen LogP contribution is -2.35. The minimum atomic E-state index is 0.600. The molecular formula is C5H14NS+. The number of quaternary nitrogens is 1. The van der Waals surface area contributed by atoms with E-state index < -0.39 is 0 Å². The molecule has 2 heteroatoms. The molecule has 0 spiro atoms. The highest BCUT2D eigenvalue weighted by Crippen LogP contribution is 2.07. The van der Waals surface area contributed by atoms with Crippen LogP contribution in [0.4, 0.5) is 0 Å². The van der Waals surface area contributed by atoms with Crippen molar-refractivity contribution in [2.24, 2.45) is 0 Å². The van der Waals surface area contributed by atoms with E-state index in [1.54, 1.807) is 0 Å². The van der Waals surface area contributed by atoms with E-state index in [2.05, 4.69) is 40.8 Å². The maximum Gasteiger partial charge on any atom is 0.0932 e. The highest BCUT2D eigenvalue weighted by atomic mass is 32.1. The maximum atomic E-state index is 4.29. The topological polar surface area (TPSA) is 0 Å². The minimum absolute atomic E-state index is 0.600. The fraction of sp³-hybridized carbons (Fsp3) is 1.00. The van der Waals surface area contributed by atoms with Crippen LogP contribution >= 0.6 is 12.8 Å². The molecule has 1 nitrogen and oxygen atoms in total. The normalized spacial score (nSPS) is 12.9. The summed E-state index contributed by atoms with van der Waals surface area (Å²) in [5, 5.41) is 0. The zero-order valence-electron chi connectivity index (χ0n) is 5.47. The fourth-order valence-corrected chi connectivity index (χ4v) is 0. The third-order valence-electron chi connectivity index (χ3n) is 1.26. The predicted molar refractivity (Wildman–Crippen MR) is 36.2 cm³/mol. The molecule has 0 heterocycles. The molecule has 0 aliphatic heterocycles. The summed E-state index contributed by atoms with van der Waals surface area (Å²) >= 11 is 4.29. The largest absolute Gasteiger partial charge is 0.267 e. The van der Waals surface area contributed by atoms with Gasteiger partial charge in [-0.3, -0.25) is 3.89 Å². The van der Waals surface area contributed by atoms with Crippen molar-refractivity contribution in [3.63, 3.8) is 0 Å². The Hall–Kier alpha value is 0.310. The van der Waals surface area contributed by atoms with Crippen molar-refractivity contribution in [3.8, 4) is 0 Å². The van der Waals surface area contributed by atoms with Gasteiger partial charge in [-0.1, -0.05) is 0 Å². The van der Waals surface area contributed by atoms with Crippen molar-refractivity contribution in [3.05, 3.63) is 0 Å². The number of hydrogen-bond donors (Lipinski definition) is 1. The van der Waals surface area contributed by atoms with E-state index in [0.29, 0.717) is 6.04 Å². The summed E-state index contributed by atoms with van der Waals surface area (Å²) in [7, 11) is 4.13. The summed E-state index contributed by atoms with van der Waals surface area (Å²) in [6.45, 7) is 4.29.